The van der Waals surface area contributed by atoms with E-state index in [4.69, 9.17) is 16.7 Å². The van der Waals surface area contributed by atoms with Crippen molar-refractivity contribution in [3.05, 3.63) is 34.9 Å². The molecule has 0 radical (unpaired) electrons. The van der Waals surface area contributed by atoms with Crippen molar-refractivity contribution in [3.63, 3.8) is 0 Å². The van der Waals surface area contributed by atoms with E-state index < -0.39 is 11.5 Å². The Morgan fingerprint density at radius 2 is 1.85 bits per heavy atom. The minimum absolute atomic E-state index is 0.0385. The molecule has 0 spiro atoms. The molecule has 1 fully saturated rings. The molecule has 0 unspecified atom stereocenters. The van der Waals surface area contributed by atoms with Crippen LogP contribution >= 0.6 is 11.6 Å². The number of carbonyl (C=O) groups is 2. The zero-order valence-corrected chi connectivity index (χ0v) is 11.9. The largest absolute Gasteiger partial charge is 0.481 e. The van der Waals surface area contributed by atoms with Crippen LogP contribution in [-0.2, 0) is 4.79 Å². The third kappa shape index (κ3) is 3.51. The highest BCUT2D eigenvalue weighted by Crippen LogP contribution is 2.31. The number of carbonyl (C=O) groups excluding carboxylic acids is 1. The smallest absolute Gasteiger partial charge is 0.305 e. The lowest BCUT2D eigenvalue weighted by Crippen LogP contribution is -2.51. The predicted molar refractivity (Wildman–Crippen MR) is 77.0 cm³/mol. The van der Waals surface area contributed by atoms with E-state index >= 15 is 0 Å². The van der Waals surface area contributed by atoms with E-state index in [9.17, 15) is 9.59 Å². The van der Waals surface area contributed by atoms with Crippen molar-refractivity contribution in [1.82, 2.24) is 5.32 Å². The maximum atomic E-state index is 12.3. The summed E-state index contributed by atoms with van der Waals surface area (Å²) >= 11 is 6.01. The molecule has 0 atom stereocenters. The van der Waals surface area contributed by atoms with Crippen molar-refractivity contribution in [2.45, 2.75) is 44.1 Å². The highest BCUT2D eigenvalue weighted by atomic mass is 35.5. The number of nitrogens with one attached hydrogen (secondary N) is 1. The molecule has 1 aromatic rings. The van der Waals surface area contributed by atoms with Gasteiger partial charge in [0, 0.05) is 0 Å². The van der Waals surface area contributed by atoms with Gasteiger partial charge in [-0.1, -0.05) is 43.0 Å². The van der Waals surface area contributed by atoms with Crippen LogP contribution in [0.4, 0.5) is 0 Å². The molecule has 0 bridgehead atoms. The summed E-state index contributed by atoms with van der Waals surface area (Å²) in [6, 6.07) is 6.80. The minimum Gasteiger partial charge on any atom is -0.481 e. The lowest BCUT2D eigenvalue weighted by Gasteiger charge is -2.37. The first-order valence-electron chi connectivity index (χ1n) is 6.81. The van der Waals surface area contributed by atoms with Gasteiger partial charge in [-0.25, -0.2) is 0 Å². The van der Waals surface area contributed by atoms with E-state index in [1.165, 1.54) is 0 Å². The summed E-state index contributed by atoms with van der Waals surface area (Å²) in [5, 5.41) is 12.4. The Balaban J connectivity index is 2.17. The number of benzene rings is 1. The number of aliphatic carboxylic acids is 1. The zero-order chi connectivity index (χ0) is 14.6. The van der Waals surface area contributed by atoms with Crippen LogP contribution in [0.25, 0.3) is 0 Å². The quantitative estimate of drug-likeness (QED) is 0.896. The van der Waals surface area contributed by atoms with Crippen molar-refractivity contribution >= 4 is 23.5 Å². The van der Waals surface area contributed by atoms with Crippen LogP contribution in [0.1, 0.15) is 48.9 Å². The molecular formula is C15H18ClNO3. The Morgan fingerprint density at radius 3 is 2.45 bits per heavy atom. The molecule has 4 nitrogen and oxygen atoms in total. The predicted octanol–water partition coefficient (Wildman–Crippen LogP) is 3.25. The number of carboxylic acids is 1. The van der Waals surface area contributed by atoms with Crippen LogP contribution in [0.15, 0.2) is 24.3 Å². The van der Waals surface area contributed by atoms with Crippen molar-refractivity contribution < 1.29 is 14.7 Å². The maximum absolute atomic E-state index is 12.3. The molecular weight excluding hydrogens is 278 g/mol. The number of rotatable bonds is 4. The van der Waals surface area contributed by atoms with Gasteiger partial charge in [0.25, 0.3) is 5.91 Å². The third-order valence-electron chi connectivity index (χ3n) is 3.80. The number of hydrogen-bond donors (Lipinski definition) is 2. The maximum Gasteiger partial charge on any atom is 0.305 e. The van der Waals surface area contributed by atoms with Gasteiger partial charge in [0.05, 0.1) is 22.5 Å². The Labute approximate surface area is 123 Å². The van der Waals surface area contributed by atoms with Crippen molar-refractivity contribution in [3.8, 4) is 0 Å². The average Bonchev–Trinajstić information content (AvgIpc) is 2.39. The Bertz CT molecular complexity index is 510. The van der Waals surface area contributed by atoms with Crippen LogP contribution in [0.2, 0.25) is 5.02 Å². The molecule has 2 N–H and O–H groups in total. The summed E-state index contributed by atoms with van der Waals surface area (Å²) in [6.45, 7) is 0. The lowest BCUT2D eigenvalue weighted by molar-refractivity contribution is -0.139. The summed E-state index contributed by atoms with van der Waals surface area (Å²) in [5.41, 5.74) is -0.245. The first-order valence-corrected chi connectivity index (χ1v) is 7.19. The summed E-state index contributed by atoms with van der Waals surface area (Å²) in [7, 11) is 0. The van der Waals surface area contributed by atoms with Gasteiger partial charge in [0.1, 0.15) is 0 Å². The summed E-state index contributed by atoms with van der Waals surface area (Å²) in [5.74, 6) is -1.18. The summed E-state index contributed by atoms with van der Waals surface area (Å²) < 4.78 is 0. The topological polar surface area (TPSA) is 66.4 Å². The Morgan fingerprint density at radius 1 is 1.20 bits per heavy atom. The van der Waals surface area contributed by atoms with Gasteiger partial charge in [-0.15, -0.1) is 0 Å². The van der Waals surface area contributed by atoms with Crippen molar-refractivity contribution in [1.29, 1.82) is 0 Å². The van der Waals surface area contributed by atoms with Crippen molar-refractivity contribution in [2.75, 3.05) is 0 Å². The number of halogens is 1. The molecule has 1 amide bonds. The number of carboxylic acid groups (broad SMARTS) is 1. The van der Waals surface area contributed by atoms with Gasteiger partial charge in [-0.2, -0.15) is 0 Å². The standard InChI is InChI=1S/C15H18ClNO3/c16-12-7-3-2-6-11(12)14(20)17-15(10-13(18)19)8-4-1-5-9-15/h2-3,6-7H,1,4-5,8-10H2,(H,17,20)(H,18,19). The lowest BCUT2D eigenvalue weighted by atomic mass is 9.79. The molecule has 1 aliphatic carbocycles. The van der Waals surface area contributed by atoms with Gasteiger partial charge in [0.15, 0.2) is 0 Å². The van der Waals surface area contributed by atoms with Gasteiger partial charge in [-0.05, 0) is 25.0 Å². The first kappa shape index (κ1) is 14.9. The van der Waals surface area contributed by atoms with Gasteiger partial charge < -0.3 is 10.4 Å². The molecule has 1 aliphatic rings. The molecule has 108 valence electrons. The molecule has 0 heterocycles. The Hall–Kier alpha value is -1.55. The average molecular weight is 296 g/mol. The van der Waals surface area contributed by atoms with Crippen LogP contribution in [0.3, 0.4) is 0 Å². The fourth-order valence-corrected chi connectivity index (χ4v) is 3.04. The van der Waals surface area contributed by atoms with Gasteiger partial charge >= 0.3 is 5.97 Å². The van der Waals surface area contributed by atoms with E-state index in [-0.39, 0.29) is 12.3 Å². The van der Waals surface area contributed by atoms with Crippen LogP contribution in [0, 0.1) is 0 Å². The SMILES string of the molecule is O=C(O)CC1(NC(=O)c2ccccc2Cl)CCCCC1. The summed E-state index contributed by atoms with van der Waals surface area (Å²) in [6.07, 6.45) is 4.34. The van der Waals surface area contributed by atoms with Gasteiger partial charge in [-0.3, -0.25) is 9.59 Å². The van der Waals surface area contributed by atoms with Crippen LogP contribution in [-0.4, -0.2) is 22.5 Å². The highest BCUT2D eigenvalue weighted by molar-refractivity contribution is 6.33. The third-order valence-corrected chi connectivity index (χ3v) is 4.13. The fraction of sp³-hybridized carbons (Fsp3) is 0.467. The molecule has 20 heavy (non-hydrogen) atoms. The Kier molecular flexibility index (Phi) is 4.65. The second kappa shape index (κ2) is 6.27. The molecule has 0 aliphatic heterocycles. The van der Waals surface area contributed by atoms with E-state index in [1.807, 2.05) is 0 Å². The zero-order valence-electron chi connectivity index (χ0n) is 11.2. The van der Waals surface area contributed by atoms with Crippen LogP contribution in [0.5, 0.6) is 0 Å². The minimum atomic E-state index is -0.883. The monoisotopic (exact) mass is 295 g/mol. The van der Waals surface area contributed by atoms with Gasteiger partial charge in [0.2, 0.25) is 0 Å². The summed E-state index contributed by atoms with van der Waals surface area (Å²) in [4.78, 5) is 23.4. The molecule has 1 saturated carbocycles. The number of amides is 1. The van der Waals surface area contributed by atoms with E-state index in [0.717, 1.165) is 19.3 Å². The normalized spacial score (nSPS) is 17.4. The second-order valence-corrected chi connectivity index (χ2v) is 5.75. The fourth-order valence-electron chi connectivity index (χ4n) is 2.82. The molecule has 2 rings (SSSR count). The highest BCUT2D eigenvalue weighted by Gasteiger charge is 2.36. The van der Waals surface area contributed by atoms with E-state index in [1.54, 1.807) is 24.3 Å². The molecule has 0 saturated heterocycles. The second-order valence-electron chi connectivity index (χ2n) is 5.35. The van der Waals surface area contributed by atoms with Crippen molar-refractivity contribution in [2.24, 2.45) is 0 Å². The van der Waals surface area contributed by atoms with E-state index in [2.05, 4.69) is 5.32 Å². The van der Waals surface area contributed by atoms with Crippen LogP contribution < -0.4 is 5.32 Å². The molecule has 5 heteroatoms. The molecule has 0 aromatic heterocycles. The van der Waals surface area contributed by atoms with E-state index in [0.29, 0.717) is 23.4 Å². The molecule has 1 aromatic carbocycles. The number of hydrogen-bond acceptors (Lipinski definition) is 2. The first-order chi connectivity index (χ1) is 9.52.